The molecular weight excluding hydrogens is 248 g/mol. The summed E-state index contributed by atoms with van der Waals surface area (Å²) in [6.45, 7) is 4.27. The summed E-state index contributed by atoms with van der Waals surface area (Å²) in [5, 5.41) is 3.73. The maximum atomic E-state index is 4.59. The van der Waals surface area contributed by atoms with Gasteiger partial charge in [0.25, 0.3) is 0 Å². The number of nitrogens with zero attached hydrogens (tertiary/aromatic N) is 2. The van der Waals surface area contributed by atoms with Gasteiger partial charge in [-0.25, -0.2) is 4.98 Å². The van der Waals surface area contributed by atoms with Gasteiger partial charge in [-0.2, -0.15) is 0 Å². The molecule has 0 aliphatic carbocycles. The first-order valence-corrected chi connectivity index (χ1v) is 7.40. The summed E-state index contributed by atoms with van der Waals surface area (Å²) < 4.78 is 0. The number of rotatable bonds is 2. The first-order chi connectivity index (χ1) is 9.86. The lowest BCUT2D eigenvalue weighted by Gasteiger charge is -2.34. The molecule has 4 heteroatoms. The molecule has 2 aliphatic rings. The molecule has 2 aromatic rings. The Balaban J connectivity index is 1.54. The summed E-state index contributed by atoms with van der Waals surface area (Å²) >= 11 is 0. The van der Waals surface area contributed by atoms with Crippen LogP contribution in [0.5, 0.6) is 0 Å². The van der Waals surface area contributed by atoms with Gasteiger partial charge in [0.15, 0.2) is 0 Å². The third-order valence-electron chi connectivity index (χ3n) is 4.61. The van der Waals surface area contributed by atoms with E-state index in [1.54, 1.807) is 0 Å². The van der Waals surface area contributed by atoms with E-state index in [1.807, 2.05) is 6.33 Å². The fourth-order valence-corrected chi connectivity index (χ4v) is 3.64. The normalized spacial score (nSPS) is 26.0. The second-order valence-electron chi connectivity index (χ2n) is 5.93. The molecule has 0 bridgehead atoms. The van der Waals surface area contributed by atoms with E-state index in [2.05, 4.69) is 50.5 Å². The highest BCUT2D eigenvalue weighted by atomic mass is 15.2. The molecule has 1 spiro atoms. The van der Waals surface area contributed by atoms with Crippen molar-refractivity contribution >= 4 is 0 Å². The smallest absolute Gasteiger partial charge is 0.0926 e. The Morgan fingerprint density at radius 2 is 2.15 bits per heavy atom. The standard InChI is InChI=1S/C16H20N4/c1-2-4-13(5-3-1)10-20-9-7-16(11-20)15-14(6-8-19-16)17-12-18-15/h1-5,12,19H,6-11H2,(H,17,18). The average Bonchev–Trinajstić information content (AvgIpc) is 3.09. The van der Waals surface area contributed by atoms with Crippen LogP contribution in [0.25, 0.3) is 0 Å². The number of hydrogen-bond donors (Lipinski definition) is 2. The number of aromatic nitrogens is 2. The number of nitrogens with one attached hydrogen (secondary N) is 2. The van der Waals surface area contributed by atoms with Gasteiger partial charge in [-0.3, -0.25) is 4.90 Å². The molecule has 0 saturated carbocycles. The van der Waals surface area contributed by atoms with Crippen LogP contribution in [-0.2, 0) is 18.5 Å². The van der Waals surface area contributed by atoms with Crippen LogP contribution in [0.15, 0.2) is 36.7 Å². The second-order valence-corrected chi connectivity index (χ2v) is 5.93. The van der Waals surface area contributed by atoms with Crippen molar-refractivity contribution in [2.45, 2.75) is 24.9 Å². The molecule has 0 radical (unpaired) electrons. The molecule has 3 heterocycles. The number of imidazole rings is 1. The Bertz CT molecular complexity index is 592. The Kier molecular flexibility index (Phi) is 2.86. The lowest BCUT2D eigenvalue weighted by molar-refractivity contribution is 0.264. The van der Waals surface area contributed by atoms with Crippen LogP contribution >= 0.6 is 0 Å². The monoisotopic (exact) mass is 268 g/mol. The molecule has 2 N–H and O–H groups in total. The first kappa shape index (κ1) is 12.1. The highest BCUT2D eigenvalue weighted by molar-refractivity contribution is 5.28. The van der Waals surface area contributed by atoms with Gasteiger partial charge in [0, 0.05) is 38.3 Å². The van der Waals surface area contributed by atoms with Crippen LogP contribution < -0.4 is 5.32 Å². The molecule has 1 aromatic carbocycles. The van der Waals surface area contributed by atoms with Crippen LogP contribution in [0.3, 0.4) is 0 Å². The zero-order chi connectivity index (χ0) is 13.4. The predicted molar refractivity (Wildman–Crippen MR) is 78.3 cm³/mol. The minimum absolute atomic E-state index is 0.0718. The van der Waals surface area contributed by atoms with Gasteiger partial charge in [-0.05, 0) is 12.0 Å². The Hall–Kier alpha value is -1.65. The molecule has 1 aromatic heterocycles. The summed E-state index contributed by atoms with van der Waals surface area (Å²) in [4.78, 5) is 10.4. The highest BCUT2D eigenvalue weighted by Crippen LogP contribution is 2.35. The van der Waals surface area contributed by atoms with Crippen molar-refractivity contribution in [2.75, 3.05) is 19.6 Å². The molecule has 2 aliphatic heterocycles. The molecule has 1 unspecified atom stereocenters. The summed E-state index contributed by atoms with van der Waals surface area (Å²) in [6, 6.07) is 10.7. The quantitative estimate of drug-likeness (QED) is 0.870. The van der Waals surface area contributed by atoms with Crippen molar-refractivity contribution in [1.29, 1.82) is 0 Å². The van der Waals surface area contributed by atoms with E-state index in [4.69, 9.17) is 0 Å². The minimum Gasteiger partial charge on any atom is -0.348 e. The lowest BCUT2D eigenvalue weighted by atomic mass is 9.88. The molecule has 104 valence electrons. The van der Waals surface area contributed by atoms with Crippen LogP contribution in [0, 0.1) is 0 Å². The van der Waals surface area contributed by atoms with Crippen LogP contribution in [-0.4, -0.2) is 34.5 Å². The summed E-state index contributed by atoms with van der Waals surface area (Å²) in [7, 11) is 0. The van der Waals surface area contributed by atoms with Crippen molar-refractivity contribution in [1.82, 2.24) is 20.2 Å². The lowest BCUT2D eigenvalue weighted by Crippen LogP contribution is -2.49. The van der Waals surface area contributed by atoms with Crippen molar-refractivity contribution in [3.05, 3.63) is 53.6 Å². The average molecular weight is 268 g/mol. The number of hydrogen-bond acceptors (Lipinski definition) is 3. The fraction of sp³-hybridized carbons (Fsp3) is 0.438. The molecule has 20 heavy (non-hydrogen) atoms. The van der Waals surface area contributed by atoms with E-state index in [-0.39, 0.29) is 5.54 Å². The molecule has 1 fully saturated rings. The van der Waals surface area contributed by atoms with Crippen LogP contribution in [0.1, 0.15) is 23.4 Å². The summed E-state index contributed by atoms with van der Waals surface area (Å²) in [5.74, 6) is 0. The zero-order valence-corrected chi connectivity index (χ0v) is 11.6. The number of likely N-dealkylation sites (tertiary alicyclic amines) is 1. The fourth-order valence-electron chi connectivity index (χ4n) is 3.64. The number of H-pyrrole nitrogens is 1. The molecule has 0 amide bonds. The molecular formula is C16H20N4. The van der Waals surface area contributed by atoms with Gasteiger partial charge in [0.1, 0.15) is 0 Å². The molecule has 1 atom stereocenters. The van der Waals surface area contributed by atoms with Crippen molar-refractivity contribution in [3.63, 3.8) is 0 Å². The van der Waals surface area contributed by atoms with E-state index in [9.17, 15) is 0 Å². The summed E-state index contributed by atoms with van der Waals surface area (Å²) in [6.07, 6.45) is 4.06. The Morgan fingerprint density at radius 3 is 3.05 bits per heavy atom. The SMILES string of the molecule is c1ccc(CN2CCC3(C2)NCCc2[nH]cnc23)cc1. The maximum absolute atomic E-state index is 4.59. The van der Waals surface area contributed by atoms with Gasteiger partial charge >= 0.3 is 0 Å². The molecule has 1 saturated heterocycles. The number of aromatic amines is 1. The van der Waals surface area contributed by atoms with E-state index in [0.717, 1.165) is 39.0 Å². The van der Waals surface area contributed by atoms with E-state index < -0.39 is 0 Å². The van der Waals surface area contributed by atoms with E-state index in [1.165, 1.54) is 17.0 Å². The van der Waals surface area contributed by atoms with Gasteiger partial charge in [0.05, 0.1) is 17.6 Å². The van der Waals surface area contributed by atoms with Crippen molar-refractivity contribution in [2.24, 2.45) is 0 Å². The van der Waals surface area contributed by atoms with E-state index in [0.29, 0.717) is 0 Å². The number of fused-ring (bicyclic) bond motifs is 2. The maximum Gasteiger partial charge on any atom is 0.0926 e. The Labute approximate surface area is 119 Å². The van der Waals surface area contributed by atoms with Crippen molar-refractivity contribution < 1.29 is 0 Å². The third kappa shape index (κ3) is 1.96. The topological polar surface area (TPSA) is 44.0 Å². The first-order valence-electron chi connectivity index (χ1n) is 7.40. The van der Waals surface area contributed by atoms with Gasteiger partial charge in [0.2, 0.25) is 0 Å². The van der Waals surface area contributed by atoms with Crippen LogP contribution in [0.2, 0.25) is 0 Å². The van der Waals surface area contributed by atoms with Crippen LogP contribution in [0.4, 0.5) is 0 Å². The van der Waals surface area contributed by atoms with Crippen molar-refractivity contribution in [3.8, 4) is 0 Å². The predicted octanol–water partition coefficient (Wildman–Crippen LogP) is 1.66. The zero-order valence-electron chi connectivity index (χ0n) is 11.6. The number of benzene rings is 1. The molecule has 4 rings (SSSR count). The highest BCUT2D eigenvalue weighted by Gasteiger charge is 2.43. The summed E-state index contributed by atoms with van der Waals surface area (Å²) in [5.41, 5.74) is 4.04. The largest absolute Gasteiger partial charge is 0.348 e. The van der Waals surface area contributed by atoms with E-state index >= 15 is 0 Å². The van der Waals surface area contributed by atoms with Gasteiger partial charge < -0.3 is 10.3 Å². The molecule has 4 nitrogen and oxygen atoms in total. The van der Waals surface area contributed by atoms with Gasteiger partial charge in [-0.1, -0.05) is 30.3 Å². The third-order valence-corrected chi connectivity index (χ3v) is 4.61. The minimum atomic E-state index is 0.0718. The van der Waals surface area contributed by atoms with Gasteiger partial charge in [-0.15, -0.1) is 0 Å². The second kappa shape index (κ2) is 4.72. The Morgan fingerprint density at radius 1 is 1.25 bits per heavy atom.